The summed E-state index contributed by atoms with van der Waals surface area (Å²) in [5.41, 5.74) is 0. The Morgan fingerprint density at radius 3 is 2.64 bits per heavy atom. The molecule has 0 radical (unpaired) electrons. The molecule has 2 aromatic carbocycles. The number of halogens is 1. The van der Waals surface area contributed by atoms with E-state index in [9.17, 15) is 0 Å². The van der Waals surface area contributed by atoms with Crippen LogP contribution in [0.5, 0.6) is 5.75 Å². The largest absolute Gasteiger partial charge is 0.484 e. The summed E-state index contributed by atoms with van der Waals surface area (Å²) < 4.78 is 11.2. The van der Waals surface area contributed by atoms with Crippen LogP contribution in [0.4, 0.5) is 0 Å². The Morgan fingerprint density at radius 2 is 1.82 bits per heavy atom. The van der Waals surface area contributed by atoms with Crippen molar-refractivity contribution in [2.75, 3.05) is 6.61 Å². The summed E-state index contributed by atoms with van der Waals surface area (Å²) in [7, 11) is 0. The van der Waals surface area contributed by atoms with E-state index in [0.717, 1.165) is 20.8 Å². The van der Waals surface area contributed by atoms with Crippen molar-refractivity contribution in [2.45, 2.75) is 20.1 Å². The van der Waals surface area contributed by atoms with Crippen LogP contribution in [0, 0.1) is 0 Å². The monoisotopic (exact) mass is 334 g/mol. The van der Waals surface area contributed by atoms with Crippen LogP contribution >= 0.6 is 22.9 Å². The van der Waals surface area contributed by atoms with Crippen molar-refractivity contribution in [3.05, 3.63) is 51.4 Å². The van der Waals surface area contributed by atoms with Gasteiger partial charge in [0.15, 0.2) is 5.01 Å². The summed E-state index contributed by atoms with van der Waals surface area (Å²) in [4.78, 5) is 0. The second kappa shape index (κ2) is 7.05. The van der Waals surface area contributed by atoms with E-state index < -0.39 is 0 Å². The molecule has 0 amide bonds. The van der Waals surface area contributed by atoms with Crippen LogP contribution in [-0.2, 0) is 18.0 Å². The van der Waals surface area contributed by atoms with Gasteiger partial charge in [-0.15, -0.1) is 10.2 Å². The molecular weight excluding hydrogens is 320 g/mol. The Balaban J connectivity index is 1.76. The number of rotatable bonds is 6. The fourth-order valence-corrected chi connectivity index (χ4v) is 3.01. The number of hydrogen-bond donors (Lipinski definition) is 0. The molecule has 0 bridgehead atoms. The Bertz CT molecular complexity index is 776. The van der Waals surface area contributed by atoms with Crippen molar-refractivity contribution >= 4 is 33.7 Å². The second-order valence-electron chi connectivity index (χ2n) is 4.61. The highest BCUT2D eigenvalue weighted by atomic mass is 35.5. The summed E-state index contributed by atoms with van der Waals surface area (Å²) >= 11 is 7.75. The molecule has 0 unspecified atom stereocenters. The predicted molar refractivity (Wildman–Crippen MR) is 88.5 cm³/mol. The Morgan fingerprint density at radius 1 is 1.05 bits per heavy atom. The average molecular weight is 335 g/mol. The van der Waals surface area contributed by atoms with Crippen LogP contribution in [-0.4, -0.2) is 16.8 Å². The highest BCUT2D eigenvalue weighted by Gasteiger charge is 2.10. The van der Waals surface area contributed by atoms with Gasteiger partial charge in [-0.1, -0.05) is 53.3 Å². The molecule has 0 aliphatic heterocycles. The van der Waals surface area contributed by atoms with Gasteiger partial charge in [0.1, 0.15) is 24.0 Å². The number of aromatic nitrogens is 2. The van der Waals surface area contributed by atoms with Crippen LogP contribution in [0.3, 0.4) is 0 Å². The minimum atomic E-state index is 0.345. The van der Waals surface area contributed by atoms with Crippen molar-refractivity contribution in [1.82, 2.24) is 10.2 Å². The molecule has 4 nitrogen and oxygen atoms in total. The minimum Gasteiger partial charge on any atom is -0.484 e. The summed E-state index contributed by atoms with van der Waals surface area (Å²) in [6, 6.07) is 11.8. The molecule has 0 atom stereocenters. The van der Waals surface area contributed by atoms with Crippen LogP contribution in [0.2, 0.25) is 5.02 Å². The predicted octanol–water partition coefficient (Wildman–Crippen LogP) is 4.46. The van der Waals surface area contributed by atoms with Crippen molar-refractivity contribution in [2.24, 2.45) is 0 Å². The number of ether oxygens (including phenoxy) is 2. The van der Waals surface area contributed by atoms with Crippen molar-refractivity contribution < 1.29 is 9.47 Å². The fourth-order valence-electron chi connectivity index (χ4n) is 2.09. The van der Waals surface area contributed by atoms with Gasteiger partial charge in [-0.3, -0.25) is 0 Å². The SMILES string of the molecule is CCOCc1nnc(COc2c(Cl)ccc3ccccc23)s1. The first-order valence-corrected chi connectivity index (χ1v) is 8.16. The summed E-state index contributed by atoms with van der Waals surface area (Å²) in [5.74, 6) is 0.682. The van der Waals surface area contributed by atoms with Gasteiger partial charge in [-0.05, 0) is 18.4 Å². The van der Waals surface area contributed by atoms with Gasteiger partial charge in [-0.25, -0.2) is 0 Å². The molecule has 3 aromatic rings. The van der Waals surface area contributed by atoms with Gasteiger partial charge >= 0.3 is 0 Å². The summed E-state index contributed by atoms with van der Waals surface area (Å²) in [6.45, 7) is 3.45. The second-order valence-corrected chi connectivity index (χ2v) is 6.17. The molecule has 114 valence electrons. The van der Waals surface area contributed by atoms with Crippen LogP contribution in [0.15, 0.2) is 36.4 Å². The standard InChI is InChI=1S/C16H15ClN2O2S/c1-2-20-9-14-18-19-15(22-14)10-21-16-12-6-4-3-5-11(12)7-8-13(16)17/h3-8H,2,9-10H2,1H3. The van der Waals surface area contributed by atoms with E-state index in [4.69, 9.17) is 21.1 Å². The van der Waals surface area contributed by atoms with Gasteiger partial charge in [0, 0.05) is 12.0 Å². The van der Waals surface area contributed by atoms with Crippen LogP contribution in [0.1, 0.15) is 16.9 Å². The summed E-state index contributed by atoms with van der Waals surface area (Å²) in [6.07, 6.45) is 0. The maximum Gasteiger partial charge on any atom is 0.155 e. The van der Waals surface area contributed by atoms with Gasteiger partial charge in [0.2, 0.25) is 0 Å². The zero-order chi connectivity index (χ0) is 15.4. The molecule has 0 aliphatic carbocycles. The first-order chi connectivity index (χ1) is 10.8. The van der Waals surface area contributed by atoms with Gasteiger partial charge in [0.05, 0.1) is 5.02 Å². The lowest BCUT2D eigenvalue weighted by atomic mass is 10.1. The molecule has 0 spiro atoms. The van der Waals surface area contributed by atoms with Gasteiger partial charge in [-0.2, -0.15) is 0 Å². The average Bonchev–Trinajstić information content (AvgIpc) is 3.00. The van der Waals surface area contributed by atoms with E-state index in [1.54, 1.807) is 0 Å². The van der Waals surface area contributed by atoms with Gasteiger partial charge in [0.25, 0.3) is 0 Å². The number of benzene rings is 2. The molecule has 0 aliphatic rings. The van der Waals surface area contributed by atoms with Crippen LogP contribution in [0.25, 0.3) is 10.8 Å². The topological polar surface area (TPSA) is 44.2 Å². The maximum atomic E-state index is 6.27. The van der Waals surface area contributed by atoms with Crippen molar-refractivity contribution in [3.63, 3.8) is 0 Å². The lowest BCUT2D eigenvalue weighted by Gasteiger charge is -2.09. The molecule has 6 heteroatoms. The van der Waals surface area contributed by atoms with E-state index in [-0.39, 0.29) is 0 Å². The Hall–Kier alpha value is -1.69. The van der Waals surface area contributed by atoms with Crippen molar-refractivity contribution in [3.8, 4) is 5.75 Å². The van der Waals surface area contributed by atoms with Crippen LogP contribution < -0.4 is 4.74 Å². The highest BCUT2D eigenvalue weighted by Crippen LogP contribution is 2.34. The zero-order valence-electron chi connectivity index (χ0n) is 12.1. The van der Waals surface area contributed by atoms with E-state index in [1.807, 2.05) is 43.3 Å². The lowest BCUT2D eigenvalue weighted by molar-refractivity contribution is 0.133. The highest BCUT2D eigenvalue weighted by molar-refractivity contribution is 7.11. The maximum absolute atomic E-state index is 6.27. The molecule has 0 N–H and O–H groups in total. The van der Waals surface area contributed by atoms with E-state index in [1.165, 1.54) is 11.3 Å². The molecule has 22 heavy (non-hydrogen) atoms. The Labute approximate surface area is 137 Å². The molecule has 0 saturated heterocycles. The Kier molecular flexibility index (Phi) is 4.87. The quantitative estimate of drug-likeness (QED) is 0.667. The minimum absolute atomic E-state index is 0.345. The molecule has 0 saturated carbocycles. The fraction of sp³-hybridized carbons (Fsp3) is 0.250. The van der Waals surface area contributed by atoms with E-state index >= 15 is 0 Å². The van der Waals surface area contributed by atoms with E-state index in [0.29, 0.717) is 30.6 Å². The zero-order valence-corrected chi connectivity index (χ0v) is 13.7. The van der Waals surface area contributed by atoms with E-state index in [2.05, 4.69) is 10.2 Å². The number of hydrogen-bond acceptors (Lipinski definition) is 5. The number of nitrogens with zero attached hydrogens (tertiary/aromatic N) is 2. The third kappa shape index (κ3) is 3.38. The third-order valence-corrected chi connectivity index (χ3v) is 4.28. The molecule has 1 aromatic heterocycles. The first-order valence-electron chi connectivity index (χ1n) is 6.97. The molecule has 0 fully saturated rings. The number of fused-ring (bicyclic) bond motifs is 1. The smallest absolute Gasteiger partial charge is 0.155 e. The lowest BCUT2D eigenvalue weighted by Crippen LogP contribution is -1.96. The molecular formula is C16H15ClN2O2S. The molecule has 1 heterocycles. The van der Waals surface area contributed by atoms with Gasteiger partial charge < -0.3 is 9.47 Å². The first kappa shape index (κ1) is 15.2. The summed E-state index contributed by atoms with van der Waals surface area (Å²) in [5, 5.41) is 12.5. The molecule has 3 rings (SSSR count). The third-order valence-electron chi connectivity index (χ3n) is 3.11. The normalized spacial score (nSPS) is 11.0. The van der Waals surface area contributed by atoms with Crippen molar-refractivity contribution in [1.29, 1.82) is 0 Å².